The van der Waals surface area contributed by atoms with Crippen LogP contribution in [0.3, 0.4) is 0 Å². The first kappa shape index (κ1) is 13.9. The minimum Gasteiger partial charge on any atom is -0.467 e. The van der Waals surface area contributed by atoms with Gasteiger partial charge >= 0.3 is 0 Å². The van der Waals surface area contributed by atoms with Gasteiger partial charge in [-0.2, -0.15) is 0 Å². The van der Waals surface area contributed by atoms with Crippen molar-refractivity contribution in [2.75, 3.05) is 0 Å². The molecule has 2 rings (SSSR count). The van der Waals surface area contributed by atoms with Gasteiger partial charge in [0.05, 0.1) is 12.8 Å². The average Bonchev–Trinajstić information content (AvgIpc) is 2.96. The lowest BCUT2D eigenvalue weighted by atomic mass is 10.0. The van der Waals surface area contributed by atoms with Crippen LogP contribution >= 0.6 is 0 Å². The number of nitrogens with two attached hydrogens (primary N) is 1. The second kappa shape index (κ2) is 6.56. The number of primary amides is 1. The first-order valence-electron chi connectivity index (χ1n) is 6.18. The van der Waals surface area contributed by atoms with Crippen molar-refractivity contribution in [3.05, 3.63) is 66.0 Å². The predicted molar refractivity (Wildman–Crippen MR) is 73.5 cm³/mol. The van der Waals surface area contributed by atoms with Crippen molar-refractivity contribution >= 4 is 11.8 Å². The monoisotopic (exact) mass is 271 g/mol. The third kappa shape index (κ3) is 3.71. The molecule has 0 aliphatic rings. The Bertz CT molecular complexity index is 591. The van der Waals surface area contributed by atoms with Crippen molar-refractivity contribution in [3.8, 4) is 0 Å². The summed E-state index contributed by atoms with van der Waals surface area (Å²) in [6.07, 6.45) is 3.40. The smallest absolute Gasteiger partial charge is 0.248 e. The normalized spacial score (nSPS) is 10.2. The molecule has 5 heteroatoms. The minimum atomic E-state index is -0.507. The Labute approximate surface area is 116 Å². The summed E-state index contributed by atoms with van der Waals surface area (Å²) in [6, 6.07) is 10.4. The van der Waals surface area contributed by atoms with Crippen LogP contribution in [0.5, 0.6) is 0 Å². The molecule has 5 nitrogen and oxygen atoms in total. The quantitative estimate of drug-likeness (QED) is 0.837. The number of rotatable bonds is 6. The highest BCUT2D eigenvalue weighted by atomic mass is 16.3. The SMILES string of the molecule is NC(=O)c1ccccc1[CH]CC(=O)NCc1ccco1. The molecule has 0 fully saturated rings. The Morgan fingerprint density at radius 2 is 2.00 bits per heavy atom. The molecule has 1 radical (unpaired) electrons. The maximum atomic E-state index is 11.7. The Balaban J connectivity index is 1.85. The van der Waals surface area contributed by atoms with E-state index in [9.17, 15) is 9.59 Å². The van der Waals surface area contributed by atoms with Gasteiger partial charge in [-0.1, -0.05) is 18.2 Å². The highest BCUT2D eigenvalue weighted by Crippen LogP contribution is 2.12. The zero-order valence-electron chi connectivity index (χ0n) is 10.8. The molecule has 0 saturated carbocycles. The van der Waals surface area contributed by atoms with Crippen LogP contribution in [0.25, 0.3) is 0 Å². The lowest BCUT2D eigenvalue weighted by molar-refractivity contribution is -0.120. The molecule has 0 saturated heterocycles. The van der Waals surface area contributed by atoms with Gasteiger partial charge < -0.3 is 15.5 Å². The van der Waals surface area contributed by atoms with Crippen molar-refractivity contribution in [1.29, 1.82) is 0 Å². The molecule has 0 aliphatic carbocycles. The number of nitrogens with one attached hydrogen (secondary N) is 1. The van der Waals surface area contributed by atoms with E-state index < -0.39 is 5.91 Å². The van der Waals surface area contributed by atoms with Crippen molar-refractivity contribution in [1.82, 2.24) is 5.32 Å². The molecule has 1 aromatic heterocycles. The molecule has 2 aromatic rings. The largest absolute Gasteiger partial charge is 0.467 e. The highest BCUT2D eigenvalue weighted by molar-refractivity contribution is 5.95. The van der Waals surface area contributed by atoms with E-state index in [1.807, 2.05) is 0 Å². The summed E-state index contributed by atoms with van der Waals surface area (Å²) in [4.78, 5) is 22.9. The fraction of sp³-hybridized carbons (Fsp3) is 0.133. The molecule has 1 heterocycles. The van der Waals surface area contributed by atoms with E-state index >= 15 is 0 Å². The Morgan fingerprint density at radius 1 is 1.20 bits per heavy atom. The standard InChI is InChI=1S/C15H15N2O3/c16-15(19)13-6-2-1-4-11(13)7-8-14(18)17-10-12-5-3-9-20-12/h1-7,9H,8,10H2,(H2,16,19)(H,17,18). The molecular formula is C15H15N2O3. The van der Waals surface area contributed by atoms with Gasteiger partial charge in [-0.3, -0.25) is 9.59 Å². The van der Waals surface area contributed by atoms with E-state index in [1.54, 1.807) is 49.1 Å². The number of hydrogen-bond donors (Lipinski definition) is 2. The Kier molecular flexibility index (Phi) is 4.55. The van der Waals surface area contributed by atoms with Crippen LogP contribution in [-0.4, -0.2) is 11.8 Å². The van der Waals surface area contributed by atoms with Crippen molar-refractivity contribution in [3.63, 3.8) is 0 Å². The summed E-state index contributed by atoms with van der Waals surface area (Å²) in [5.74, 6) is 0.0319. The van der Waals surface area contributed by atoms with E-state index in [0.717, 1.165) is 0 Å². The first-order valence-corrected chi connectivity index (χ1v) is 6.18. The summed E-state index contributed by atoms with van der Waals surface area (Å²) in [7, 11) is 0. The maximum absolute atomic E-state index is 11.7. The highest BCUT2D eigenvalue weighted by Gasteiger charge is 2.09. The second-order valence-corrected chi connectivity index (χ2v) is 4.22. The zero-order chi connectivity index (χ0) is 14.4. The van der Waals surface area contributed by atoms with E-state index in [0.29, 0.717) is 23.4 Å². The molecule has 0 spiro atoms. The van der Waals surface area contributed by atoms with Gasteiger partial charge in [-0.25, -0.2) is 0 Å². The van der Waals surface area contributed by atoms with Crippen molar-refractivity contribution < 1.29 is 14.0 Å². The van der Waals surface area contributed by atoms with Crippen LogP contribution in [0.2, 0.25) is 0 Å². The summed E-state index contributed by atoms with van der Waals surface area (Å²) >= 11 is 0. The number of hydrogen-bond acceptors (Lipinski definition) is 3. The summed E-state index contributed by atoms with van der Waals surface area (Å²) < 4.78 is 5.11. The second-order valence-electron chi connectivity index (χ2n) is 4.22. The first-order chi connectivity index (χ1) is 9.66. The van der Waals surface area contributed by atoms with Crippen LogP contribution < -0.4 is 11.1 Å². The number of carbonyl (C=O) groups is 2. The Morgan fingerprint density at radius 3 is 2.70 bits per heavy atom. The average molecular weight is 271 g/mol. The van der Waals surface area contributed by atoms with Crippen LogP contribution in [0.15, 0.2) is 47.1 Å². The predicted octanol–water partition coefficient (Wildman–Crippen LogP) is 1.64. The third-order valence-electron chi connectivity index (χ3n) is 2.77. The van der Waals surface area contributed by atoms with Gasteiger partial charge in [0, 0.05) is 18.4 Å². The van der Waals surface area contributed by atoms with E-state index in [2.05, 4.69) is 5.32 Å². The Hall–Kier alpha value is -2.56. The van der Waals surface area contributed by atoms with Gasteiger partial charge in [0.15, 0.2) is 0 Å². The molecule has 20 heavy (non-hydrogen) atoms. The molecule has 2 amide bonds. The van der Waals surface area contributed by atoms with Gasteiger partial charge in [0.2, 0.25) is 11.8 Å². The number of benzene rings is 1. The fourth-order valence-electron chi connectivity index (χ4n) is 1.77. The fourth-order valence-corrected chi connectivity index (χ4v) is 1.77. The molecule has 0 atom stereocenters. The van der Waals surface area contributed by atoms with Gasteiger partial charge in [-0.15, -0.1) is 0 Å². The van der Waals surface area contributed by atoms with Gasteiger partial charge in [0.1, 0.15) is 5.76 Å². The lowest BCUT2D eigenvalue weighted by Crippen LogP contribution is -2.22. The molecule has 0 unspecified atom stereocenters. The summed E-state index contributed by atoms with van der Waals surface area (Å²) in [5, 5.41) is 2.72. The summed E-state index contributed by atoms with van der Waals surface area (Å²) in [6.45, 7) is 0.344. The maximum Gasteiger partial charge on any atom is 0.248 e. The molecule has 1 aromatic carbocycles. The van der Waals surface area contributed by atoms with Crippen LogP contribution in [0.1, 0.15) is 28.1 Å². The number of furan rings is 1. The topological polar surface area (TPSA) is 85.3 Å². The van der Waals surface area contributed by atoms with Crippen molar-refractivity contribution in [2.24, 2.45) is 5.73 Å². The lowest BCUT2D eigenvalue weighted by Gasteiger charge is -2.06. The van der Waals surface area contributed by atoms with Crippen LogP contribution in [-0.2, 0) is 11.3 Å². The molecule has 0 bridgehead atoms. The number of carbonyl (C=O) groups excluding carboxylic acids is 2. The van der Waals surface area contributed by atoms with Gasteiger partial charge in [0.25, 0.3) is 0 Å². The minimum absolute atomic E-state index is 0.152. The zero-order valence-corrected chi connectivity index (χ0v) is 10.8. The molecule has 103 valence electrons. The molecule has 3 N–H and O–H groups in total. The van der Waals surface area contributed by atoms with Gasteiger partial charge in [-0.05, 0) is 23.8 Å². The number of amides is 2. The van der Waals surface area contributed by atoms with Crippen molar-refractivity contribution in [2.45, 2.75) is 13.0 Å². The third-order valence-corrected chi connectivity index (χ3v) is 2.77. The van der Waals surface area contributed by atoms with E-state index in [1.165, 1.54) is 0 Å². The van der Waals surface area contributed by atoms with E-state index in [-0.39, 0.29) is 12.3 Å². The van der Waals surface area contributed by atoms with E-state index in [4.69, 9.17) is 10.2 Å². The molecule has 0 aliphatic heterocycles. The molecular weight excluding hydrogens is 256 g/mol. The van der Waals surface area contributed by atoms with Crippen LogP contribution in [0, 0.1) is 6.42 Å². The van der Waals surface area contributed by atoms with Crippen LogP contribution in [0.4, 0.5) is 0 Å². The summed E-state index contributed by atoms with van der Waals surface area (Å²) in [5.41, 5.74) is 6.34.